The summed E-state index contributed by atoms with van der Waals surface area (Å²) < 4.78 is 18.5. The van der Waals surface area contributed by atoms with Crippen molar-refractivity contribution in [2.24, 2.45) is 0 Å². The maximum absolute atomic E-state index is 13.0. The van der Waals surface area contributed by atoms with Crippen molar-refractivity contribution in [1.82, 2.24) is 0 Å². The van der Waals surface area contributed by atoms with Gasteiger partial charge in [-0.3, -0.25) is 0 Å². The van der Waals surface area contributed by atoms with Crippen LogP contribution in [-0.4, -0.2) is 5.11 Å². The molecule has 0 unspecified atom stereocenters. The number of halogens is 1. The van der Waals surface area contributed by atoms with Crippen LogP contribution >= 0.6 is 0 Å². The summed E-state index contributed by atoms with van der Waals surface area (Å²) >= 11 is 0. The zero-order chi connectivity index (χ0) is 13.7. The van der Waals surface area contributed by atoms with Crippen LogP contribution in [-0.2, 0) is 13.2 Å². The second-order valence-electron chi connectivity index (χ2n) is 3.97. The average Bonchev–Trinajstić information content (AvgIpc) is 2.46. The Kier molecular flexibility index (Phi) is 4.11. The Morgan fingerprint density at radius 1 is 1.16 bits per heavy atom. The molecule has 3 nitrogen and oxygen atoms in total. The van der Waals surface area contributed by atoms with Crippen molar-refractivity contribution >= 4 is 0 Å². The normalized spacial score (nSPS) is 9.95. The van der Waals surface area contributed by atoms with Gasteiger partial charge in [-0.1, -0.05) is 18.2 Å². The number of rotatable bonds is 4. The summed E-state index contributed by atoms with van der Waals surface area (Å²) in [5.74, 6) is -0.00883. The second kappa shape index (κ2) is 5.98. The van der Waals surface area contributed by atoms with Gasteiger partial charge in [0.2, 0.25) is 0 Å². The van der Waals surface area contributed by atoms with Gasteiger partial charge in [-0.05, 0) is 24.3 Å². The fraction of sp³-hybridized carbons (Fsp3) is 0.133. The van der Waals surface area contributed by atoms with Gasteiger partial charge in [0.1, 0.15) is 18.2 Å². The first-order valence-electron chi connectivity index (χ1n) is 5.74. The van der Waals surface area contributed by atoms with E-state index in [2.05, 4.69) is 6.07 Å². The largest absolute Gasteiger partial charge is 0.488 e. The van der Waals surface area contributed by atoms with Crippen molar-refractivity contribution < 1.29 is 14.2 Å². The smallest absolute Gasteiger partial charge is 0.125 e. The van der Waals surface area contributed by atoms with Crippen molar-refractivity contribution in [1.29, 1.82) is 5.26 Å². The molecule has 0 bridgehead atoms. The second-order valence-corrected chi connectivity index (χ2v) is 3.97. The molecule has 0 aromatic heterocycles. The van der Waals surface area contributed by atoms with E-state index < -0.39 is 5.82 Å². The summed E-state index contributed by atoms with van der Waals surface area (Å²) in [6.07, 6.45) is 0. The van der Waals surface area contributed by atoms with E-state index in [0.29, 0.717) is 16.9 Å². The molecule has 96 valence electrons. The summed E-state index contributed by atoms with van der Waals surface area (Å²) in [6, 6.07) is 13.1. The average molecular weight is 257 g/mol. The van der Waals surface area contributed by atoms with Gasteiger partial charge in [0.15, 0.2) is 0 Å². The van der Waals surface area contributed by atoms with Gasteiger partial charge in [0.05, 0.1) is 18.2 Å². The lowest BCUT2D eigenvalue weighted by molar-refractivity contribution is 0.258. The third-order valence-corrected chi connectivity index (χ3v) is 2.71. The fourth-order valence-corrected chi connectivity index (χ4v) is 1.72. The molecule has 0 atom stereocenters. The van der Waals surface area contributed by atoms with Crippen molar-refractivity contribution in [3.05, 3.63) is 65.0 Å². The highest BCUT2D eigenvalue weighted by atomic mass is 19.1. The first-order valence-corrected chi connectivity index (χ1v) is 5.74. The minimum atomic E-state index is -0.422. The maximum Gasteiger partial charge on any atom is 0.125 e. The van der Waals surface area contributed by atoms with E-state index in [1.165, 1.54) is 18.2 Å². The zero-order valence-electron chi connectivity index (χ0n) is 10.1. The molecule has 0 aliphatic heterocycles. The Morgan fingerprint density at radius 3 is 2.68 bits per heavy atom. The fourth-order valence-electron chi connectivity index (χ4n) is 1.72. The van der Waals surface area contributed by atoms with Gasteiger partial charge < -0.3 is 9.84 Å². The van der Waals surface area contributed by atoms with Crippen molar-refractivity contribution in [3.8, 4) is 11.8 Å². The molecule has 0 saturated heterocycles. The molecule has 0 amide bonds. The lowest BCUT2D eigenvalue weighted by atomic mass is 10.1. The number of hydrogen-bond acceptors (Lipinski definition) is 3. The molecule has 0 aliphatic carbocycles. The van der Waals surface area contributed by atoms with Crippen LogP contribution in [0.15, 0.2) is 42.5 Å². The molecular formula is C15H12FNO2. The van der Waals surface area contributed by atoms with Crippen LogP contribution in [0.5, 0.6) is 5.75 Å². The number of hydrogen-bond donors (Lipinski definition) is 1. The summed E-state index contributed by atoms with van der Waals surface area (Å²) in [7, 11) is 0. The van der Waals surface area contributed by atoms with Crippen LogP contribution in [0.3, 0.4) is 0 Å². The quantitative estimate of drug-likeness (QED) is 0.916. The molecular weight excluding hydrogens is 245 g/mol. The maximum atomic E-state index is 13.0. The van der Waals surface area contributed by atoms with E-state index >= 15 is 0 Å². The Morgan fingerprint density at radius 2 is 1.95 bits per heavy atom. The van der Waals surface area contributed by atoms with E-state index in [0.717, 1.165) is 5.56 Å². The van der Waals surface area contributed by atoms with Crippen LogP contribution in [0.25, 0.3) is 0 Å². The van der Waals surface area contributed by atoms with Crippen LogP contribution in [0, 0.1) is 17.1 Å². The Bertz CT molecular complexity index is 620. The minimum absolute atomic E-state index is 0.197. The Balaban J connectivity index is 2.17. The molecule has 0 heterocycles. The van der Waals surface area contributed by atoms with Gasteiger partial charge >= 0.3 is 0 Å². The third kappa shape index (κ3) is 3.09. The van der Waals surface area contributed by atoms with Gasteiger partial charge in [0.25, 0.3) is 0 Å². The number of nitrogens with zero attached hydrogens (tertiary/aromatic N) is 1. The number of aliphatic hydroxyl groups excluding tert-OH is 1. The number of nitriles is 1. The summed E-state index contributed by atoms with van der Waals surface area (Å²) in [5, 5.41) is 18.1. The predicted octanol–water partition coefficient (Wildman–Crippen LogP) is 2.77. The highest BCUT2D eigenvalue weighted by Crippen LogP contribution is 2.21. The van der Waals surface area contributed by atoms with Gasteiger partial charge in [0, 0.05) is 11.1 Å². The van der Waals surface area contributed by atoms with Crippen molar-refractivity contribution in [2.75, 3.05) is 0 Å². The number of aliphatic hydroxyl groups is 1. The summed E-state index contributed by atoms with van der Waals surface area (Å²) in [6.45, 7) is -0.102. The molecule has 19 heavy (non-hydrogen) atoms. The standard InChI is InChI=1S/C15H12FNO2/c16-14-5-6-15(13(7-14)9-18)19-10-12-4-2-1-3-11(12)8-17/h1-7,18H,9-10H2. The van der Waals surface area contributed by atoms with Gasteiger partial charge in [-0.15, -0.1) is 0 Å². The predicted molar refractivity (Wildman–Crippen MR) is 67.8 cm³/mol. The number of benzene rings is 2. The van der Waals surface area contributed by atoms with Crippen LogP contribution in [0.4, 0.5) is 4.39 Å². The molecule has 0 spiro atoms. The molecule has 0 fully saturated rings. The highest BCUT2D eigenvalue weighted by Gasteiger charge is 2.06. The molecule has 2 aromatic carbocycles. The van der Waals surface area contributed by atoms with Gasteiger partial charge in [-0.25, -0.2) is 4.39 Å². The Hall–Kier alpha value is -2.38. The zero-order valence-corrected chi connectivity index (χ0v) is 10.1. The first-order chi connectivity index (χ1) is 9.24. The van der Waals surface area contributed by atoms with E-state index in [4.69, 9.17) is 15.1 Å². The molecule has 0 aliphatic rings. The van der Waals surface area contributed by atoms with Crippen LogP contribution < -0.4 is 4.74 Å². The first kappa shape index (κ1) is 13.1. The van der Waals surface area contributed by atoms with Crippen molar-refractivity contribution in [3.63, 3.8) is 0 Å². The van der Waals surface area contributed by atoms with E-state index in [1.807, 2.05) is 6.07 Å². The Labute approximate surface area is 110 Å². The van der Waals surface area contributed by atoms with E-state index in [1.54, 1.807) is 18.2 Å². The van der Waals surface area contributed by atoms with Gasteiger partial charge in [-0.2, -0.15) is 5.26 Å². The van der Waals surface area contributed by atoms with E-state index in [9.17, 15) is 4.39 Å². The molecule has 2 aromatic rings. The lowest BCUT2D eigenvalue weighted by Crippen LogP contribution is -2.01. The molecule has 1 N–H and O–H groups in total. The highest BCUT2D eigenvalue weighted by molar-refractivity contribution is 5.38. The summed E-state index contributed by atoms with van der Waals surface area (Å²) in [4.78, 5) is 0. The molecule has 2 rings (SSSR count). The number of ether oxygens (including phenoxy) is 1. The van der Waals surface area contributed by atoms with Crippen LogP contribution in [0.1, 0.15) is 16.7 Å². The molecule has 4 heteroatoms. The summed E-state index contributed by atoms with van der Waals surface area (Å²) in [5.41, 5.74) is 1.67. The molecule has 0 radical (unpaired) electrons. The SMILES string of the molecule is N#Cc1ccccc1COc1ccc(F)cc1CO. The molecule has 0 saturated carbocycles. The van der Waals surface area contributed by atoms with Crippen molar-refractivity contribution in [2.45, 2.75) is 13.2 Å². The minimum Gasteiger partial charge on any atom is -0.488 e. The monoisotopic (exact) mass is 257 g/mol. The van der Waals surface area contributed by atoms with Crippen LogP contribution in [0.2, 0.25) is 0 Å². The lowest BCUT2D eigenvalue weighted by Gasteiger charge is -2.11. The third-order valence-electron chi connectivity index (χ3n) is 2.71. The topological polar surface area (TPSA) is 53.2 Å². The van der Waals surface area contributed by atoms with E-state index in [-0.39, 0.29) is 13.2 Å².